The monoisotopic (exact) mass is 301 g/mol. The fourth-order valence-electron chi connectivity index (χ4n) is 1.69. The van der Waals surface area contributed by atoms with Crippen LogP contribution >= 0.6 is 0 Å². The zero-order chi connectivity index (χ0) is 16.6. The maximum atomic E-state index is 12.1. The lowest BCUT2D eigenvalue weighted by atomic mass is 9.98. The van der Waals surface area contributed by atoms with Crippen LogP contribution in [0.1, 0.15) is 53.9 Å². The van der Waals surface area contributed by atoms with E-state index in [1.165, 1.54) is 7.11 Å². The van der Waals surface area contributed by atoms with Crippen molar-refractivity contribution in [1.82, 2.24) is 5.32 Å². The highest BCUT2D eigenvalue weighted by atomic mass is 16.6. The van der Waals surface area contributed by atoms with Gasteiger partial charge in [-0.2, -0.15) is 0 Å². The van der Waals surface area contributed by atoms with Crippen LogP contribution in [0.25, 0.3) is 0 Å². The van der Waals surface area contributed by atoms with E-state index < -0.39 is 23.7 Å². The molecule has 0 heterocycles. The van der Waals surface area contributed by atoms with E-state index in [0.29, 0.717) is 6.42 Å². The van der Waals surface area contributed by atoms with E-state index in [2.05, 4.69) is 10.1 Å². The molecule has 0 spiro atoms. The zero-order valence-electron chi connectivity index (χ0n) is 13.8. The number of carbonyl (C=O) groups excluding carboxylic acids is 3. The molecule has 0 aliphatic carbocycles. The highest BCUT2D eigenvalue weighted by molar-refractivity contribution is 5.89. The molecule has 0 saturated heterocycles. The van der Waals surface area contributed by atoms with Crippen molar-refractivity contribution < 1.29 is 23.9 Å². The van der Waals surface area contributed by atoms with Gasteiger partial charge < -0.3 is 14.8 Å². The predicted octanol–water partition coefficient (Wildman–Crippen LogP) is 2.45. The van der Waals surface area contributed by atoms with Crippen molar-refractivity contribution in [3.8, 4) is 0 Å². The molecule has 1 amide bonds. The molecule has 21 heavy (non-hydrogen) atoms. The first-order chi connectivity index (χ1) is 9.55. The molecule has 0 saturated carbocycles. The quantitative estimate of drug-likeness (QED) is 0.730. The number of rotatable bonds is 7. The fourth-order valence-corrected chi connectivity index (χ4v) is 1.69. The molecule has 122 valence electrons. The van der Waals surface area contributed by atoms with Crippen LogP contribution in [0.4, 0.5) is 4.79 Å². The number of hydrogen-bond acceptors (Lipinski definition) is 5. The third kappa shape index (κ3) is 9.87. The molecule has 0 aromatic carbocycles. The molecule has 0 aromatic heterocycles. The van der Waals surface area contributed by atoms with Gasteiger partial charge in [-0.3, -0.25) is 9.59 Å². The van der Waals surface area contributed by atoms with Crippen molar-refractivity contribution in [3.63, 3.8) is 0 Å². The van der Waals surface area contributed by atoms with Gasteiger partial charge in [0.05, 0.1) is 19.6 Å². The molecule has 6 heteroatoms. The molecule has 1 N–H and O–H groups in total. The Morgan fingerprint density at radius 1 is 1.10 bits per heavy atom. The minimum absolute atomic E-state index is 0.0138. The van der Waals surface area contributed by atoms with Crippen LogP contribution in [-0.4, -0.2) is 36.6 Å². The van der Waals surface area contributed by atoms with Crippen molar-refractivity contribution in [2.45, 2.75) is 65.5 Å². The van der Waals surface area contributed by atoms with Gasteiger partial charge in [-0.25, -0.2) is 4.79 Å². The summed E-state index contributed by atoms with van der Waals surface area (Å²) in [6, 6.07) is -0.649. The number of hydrogen-bond donors (Lipinski definition) is 1. The molecule has 0 unspecified atom stereocenters. The summed E-state index contributed by atoms with van der Waals surface area (Å²) in [7, 11) is 1.28. The van der Waals surface area contributed by atoms with Crippen LogP contribution in [0.2, 0.25) is 0 Å². The van der Waals surface area contributed by atoms with E-state index in [0.717, 1.165) is 0 Å². The summed E-state index contributed by atoms with van der Waals surface area (Å²) in [6.07, 6.45) is -0.0708. The molecule has 0 fully saturated rings. The Bertz CT molecular complexity index is 371. The number of esters is 1. The van der Waals surface area contributed by atoms with E-state index in [-0.39, 0.29) is 24.5 Å². The first-order valence-electron chi connectivity index (χ1n) is 7.14. The van der Waals surface area contributed by atoms with E-state index in [1.807, 2.05) is 13.8 Å². The van der Waals surface area contributed by atoms with Crippen molar-refractivity contribution in [2.24, 2.45) is 5.92 Å². The van der Waals surface area contributed by atoms with Crippen LogP contribution in [0, 0.1) is 5.92 Å². The number of ether oxygens (including phenoxy) is 2. The first kappa shape index (κ1) is 19.4. The lowest BCUT2D eigenvalue weighted by molar-refractivity contribution is -0.142. The molecule has 0 rings (SSSR count). The Balaban J connectivity index is 4.60. The molecular formula is C15H27NO5. The summed E-state index contributed by atoms with van der Waals surface area (Å²) in [5, 5.41) is 2.58. The second-order valence-corrected chi connectivity index (χ2v) is 6.37. The largest absolute Gasteiger partial charge is 0.469 e. The average Bonchev–Trinajstić information content (AvgIpc) is 2.31. The Morgan fingerprint density at radius 3 is 2.10 bits per heavy atom. The van der Waals surface area contributed by atoms with Gasteiger partial charge in [0.25, 0.3) is 0 Å². The molecular weight excluding hydrogens is 274 g/mol. The highest BCUT2D eigenvalue weighted by Crippen LogP contribution is 2.11. The minimum atomic E-state index is -0.649. The molecule has 0 aliphatic rings. The Morgan fingerprint density at radius 2 is 1.67 bits per heavy atom. The highest BCUT2D eigenvalue weighted by Gasteiger charge is 2.25. The number of Topliss-reactive ketones (excluding diaryl/α,β-unsaturated/α-hetero) is 1. The van der Waals surface area contributed by atoms with E-state index in [4.69, 9.17) is 4.74 Å². The lowest BCUT2D eigenvalue weighted by Gasteiger charge is -2.24. The van der Waals surface area contributed by atoms with Crippen molar-refractivity contribution in [1.29, 1.82) is 0 Å². The third-order valence-electron chi connectivity index (χ3n) is 2.59. The van der Waals surface area contributed by atoms with Crippen LogP contribution in [0.5, 0.6) is 0 Å². The normalized spacial score (nSPS) is 12.7. The molecule has 1 atom stereocenters. The molecule has 0 radical (unpaired) electrons. The predicted molar refractivity (Wildman–Crippen MR) is 78.9 cm³/mol. The maximum Gasteiger partial charge on any atom is 0.408 e. The minimum Gasteiger partial charge on any atom is -0.469 e. The van der Waals surface area contributed by atoms with Crippen LogP contribution in [0.15, 0.2) is 0 Å². The standard InChI is InChI=1S/C15H27NO5/c1-10(2)9-11(12(17)7-8-13(18)20-6)16-14(19)21-15(3,4)5/h10-11H,7-9H2,1-6H3,(H,16,19)/t11-/m0/s1. The Labute approximate surface area is 126 Å². The van der Waals surface area contributed by atoms with Gasteiger partial charge in [-0.1, -0.05) is 13.8 Å². The van der Waals surface area contributed by atoms with Crippen molar-refractivity contribution in [3.05, 3.63) is 0 Å². The van der Waals surface area contributed by atoms with Crippen molar-refractivity contribution in [2.75, 3.05) is 7.11 Å². The molecule has 0 bridgehead atoms. The summed E-state index contributed by atoms with van der Waals surface area (Å²) < 4.78 is 9.66. The van der Waals surface area contributed by atoms with Gasteiger partial charge in [0.1, 0.15) is 5.60 Å². The second kappa shape index (κ2) is 8.64. The van der Waals surface area contributed by atoms with Gasteiger partial charge in [-0.15, -0.1) is 0 Å². The smallest absolute Gasteiger partial charge is 0.408 e. The molecule has 0 aromatic rings. The van der Waals surface area contributed by atoms with Gasteiger partial charge in [0.15, 0.2) is 5.78 Å². The molecule has 0 aliphatic heterocycles. The Kier molecular flexibility index (Phi) is 7.99. The number of alkyl carbamates (subject to hydrolysis) is 1. The number of carbonyl (C=O) groups is 3. The first-order valence-corrected chi connectivity index (χ1v) is 7.14. The number of ketones is 1. The van der Waals surface area contributed by atoms with E-state index >= 15 is 0 Å². The van der Waals surface area contributed by atoms with Crippen LogP contribution in [-0.2, 0) is 19.1 Å². The topological polar surface area (TPSA) is 81.7 Å². The average molecular weight is 301 g/mol. The Hall–Kier alpha value is -1.59. The summed E-state index contributed by atoms with van der Waals surface area (Å²) in [5.74, 6) is -0.407. The second-order valence-electron chi connectivity index (χ2n) is 6.37. The number of methoxy groups -OCH3 is 1. The van der Waals surface area contributed by atoms with E-state index in [1.54, 1.807) is 20.8 Å². The van der Waals surface area contributed by atoms with Gasteiger partial charge in [-0.05, 0) is 33.1 Å². The summed E-state index contributed by atoms with van der Waals surface area (Å²) in [5.41, 5.74) is -0.623. The summed E-state index contributed by atoms with van der Waals surface area (Å²) >= 11 is 0. The SMILES string of the molecule is COC(=O)CCC(=O)[C@H](CC(C)C)NC(=O)OC(C)(C)C. The maximum absolute atomic E-state index is 12.1. The van der Waals surface area contributed by atoms with Crippen LogP contribution in [0.3, 0.4) is 0 Å². The number of nitrogens with one attached hydrogen (secondary N) is 1. The van der Waals surface area contributed by atoms with Crippen LogP contribution < -0.4 is 5.32 Å². The van der Waals surface area contributed by atoms with E-state index in [9.17, 15) is 14.4 Å². The molecule has 6 nitrogen and oxygen atoms in total. The van der Waals surface area contributed by atoms with Gasteiger partial charge in [0, 0.05) is 6.42 Å². The summed E-state index contributed by atoms with van der Waals surface area (Å²) in [6.45, 7) is 9.17. The van der Waals surface area contributed by atoms with Crippen molar-refractivity contribution >= 4 is 17.8 Å². The number of amides is 1. The summed E-state index contributed by atoms with van der Waals surface area (Å²) in [4.78, 5) is 35.0. The van der Waals surface area contributed by atoms with Gasteiger partial charge >= 0.3 is 12.1 Å². The fraction of sp³-hybridized carbons (Fsp3) is 0.800. The zero-order valence-corrected chi connectivity index (χ0v) is 13.8. The third-order valence-corrected chi connectivity index (χ3v) is 2.59. The van der Waals surface area contributed by atoms with Gasteiger partial charge in [0.2, 0.25) is 0 Å². The lowest BCUT2D eigenvalue weighted by Crippen LogP contribution is -2.44.